The molecule has 1 unspecified atom stereocenters. The standard InChI is InChI=1S/C21H23NO4S2/c1-13-5-4-6-14(11-13)19(23)18-16-7-2-3-8-17(16)27-21(18)22-20(24)15-9-10-28(25,26)12-15/h4-6,11,15H,2-3,7-10,12H2,1H3,(H,22,24). The van der Waals surface area contributed by atoms with Gasteiger partial charge in [0.15, 0.2) is 15.6 Å². The lowest BCUT2D eigenvalue weighted by Gasteiger charge is -2.13. The van der Waals surface area contributed by atoms with Crippen molar-refractivity contribution < 1.29 is 18.0 Å². The van der Waals surface area contributed by atoms with E-state index in [-0.39, 0.29) is 23.2 Å². The molecule has 1 aliphatic carbocycles. The van der Waals surface area contributed by atoms with Gasteiger partial charge in [0.1, 0.15) is 5.00 Å². The van der Waals surface area contributed by atoms with Crippen LogP contribution in [0.3, 0.4) is 0 Å². The van der Waals surface area contributed by atoms with Crippen LogP contribution in [0.15, 0.2) is 24.3 Å². The van der Waals surface area contributed by atoms with E-state index in [0.29, 0.717) is 22.5 Å². The quantitative estimate of drug-likeness (QED) is 0.772. The van der Waals surface area contributed by atoms with Crippen molar-refractivity contribution in [1.82, 2.24) is 0 Å². The molecule has 2 heterocycles. The van der Waals surface area contributed by atoms with E-state index in [1.165, 1.54) is 11.3 Å². The number of nitrogens with one attached hydrogen (secondary N) is 1. The Balaban J connectivity index is 1.68. The van der Waals surface area contributed by atoms with Crippen molar-refractivity contribution >= 4 is 37.9 Å². The molecule has 7 heteroatoms. The topological polar surface area (TPSA) is 80.3 Å². The Labute approximate surface area is 169 Å². The van der Waals surface area contributed by atoms with Crippen LogP contribution in [0.4, 0.5) is 5.00 Å². The summed E-state index contributed by atoms with van der Waals surface area (Å²) >= 11 is 1.47. The molecule has 4 rings (SSSR count). The molecule has 1 saturated heterocycles. The van der Waals surface area contributed by atoms with E-state index < -0.39 is 15.8 Å². The Morgan fingerprint density at radius 1 is 1.18 bits per heavy atom. The maximum Gasteiger partial charge on any atom is 0.229 e. The lowest BCUT2D eigenvalue weighted by atomic mass is 9.91. The smallest absolute Gasteiger partial charge is 0.229 e. The van der Waals surface area contributed by atoms with E-state index in [4.69, 9.17) is 0 Å². The van der Waals surface area contributed by atoms with Crippen LogP contribution in [0.2, 0.25) is 0 Å². The van der Waals surface area contributed by atoms with Crippen LogP contribution in [-0.2, 0) is 27.5 Å². The molecule has 1 amide bonds. The molecule has 2 aromatic rings. The number of rotatable bonds is 4. The van der Waals surface area contributed by atoms with Gasteiger partial charge in [0, 0.05) is 10.4 Å². The summed E-state index contributed by atoms with van der Waals surface area (Å²) in [7, 11) is -3.13. The molecular weight excluding hydrogens is 394 g/mol. The average Bonchev–Trinajstić information content (AvgIpc) is 3.20. The minimum Gasteiger partial charge on any atom is -0.317 e. The van der Waals surface area contributed by atoms with E-state index in [0.717, 1.165) is 41.7 Å². The number of ketones is 1. The zero-order valence-electron chi connectivity index (χ0n) is 15.8. The summed E-state index contributed by atoms with van der Waals surface area (Å²) in [4.78, 5) is 27.2. The summed E-state index contributed by atoms with van der Waals surface area (Å²) in [6.07, 6.45) is 4.22. The number of amides is 1. The Morgan fingerprint density at radius 3 is 2.68 bits per heavy atom. The number of hydrogen-bond acceptors (Lipinski definition) is 5. The van der Waals surface area contributed by atoms with Crippen LogP contribution in [0.1, 0.15) is 51.2 Å². The predicted molar refractivity (Wildman–Crippen MR) is 111 cm³/mol. The maximum atomic E-state index is 13.3. The molecule has 1 aliphatic heterocycles. The molecule has 1 atom stereocenters. The molecule has 1 aromatic heterocycles. The van der Waals surface area contributed by atoms with Crippen LogP contribution in [0.5, 0.6) is 0 Å². The number of benzene rings is 1. The van der Waals surface area contributed by atoms with E-state index in [1.54, 1.807) is 6.07 Å². The minimum atomic E-state index is -3.13. The number of fused-ring (bicyclic) bond motifs is 1. The lowest BCUT2D eigenvalue weighted by Crippen LogP contribution is -2.24. The molecule has 0 saturated carbocycles. The van der Waals surface area contributed by atoms with Gasteiger partial charge in [0.2, 0.25) is 5.91 Å². The fourth-order valence-corrected chi connectivity index (χ4v) is 7.07. The largest absolute Gasteiger partial charge is 0.317 e. The molecule has 0 radical (unpaired) electrons. The van der Waals surface area contributed by atoms with Crippen LogP contribution in [0.25, 0.3) is 0 Å². The van der Waals surface area contributed by atoms with Crippen LogP contribution in [0, 0.1) is 12.8 Å². The third kappa shape index (κ3) is 3.78. The van der Waals surface area contributed by atoms with Gasteiger partial charge in [0.25, 0.3) is 0 Å². The van der Waals surface area contributed by atoms with E-state index in [9.17, 15) is 18.0 Å². The number of carbonyl (C=O) groups is 2. The van der Waals surface area contributed by atoms with Crippen molar-refractivity contribution in [2.45, 2.75) is 39.0 Å². The van der Waals surface area contributed by atoms with Crippen molar-refractivity contribution in [1.29, 1.82) is 0 Å². The van der Waals surface area contributed by atoms with Crippen LogP contribution in [-0.4, -0.2) is 31.6 Å². The maximum absolute atomic E-state index is 13.3. The van der Waals surface area contributed by atoms with Crippen molar-refractivity contribution in [2.75, 3.05) is 16.8 Å². The summed E-state index contributed by atoms with van der Waals surface area (Å²) < 4.78 is 23.4. The van der Waals surface area contributed by atoms with E-state index >= 15 is 0 Å². The Hall–Kier alpha value is -1.99. The fourth-order valence-electron chi connectivity index (χ4n) is 4.04. The highest BCUT2D eigenvalue weighted by Crippen LogP contribution is 2.40. The number of sulfone groups is 1. The summed E-state index contributed by atoms with van der Waals surface area (Å²) in [6.45, 7) is 1.95. The second-order valence-corrected chi connectivity index (χ2v) is 11.0. The van der Waals surface area contributed by atoms with E-state index in [2.05, 4.69) is 5.32 Å². The second-order valence-electron chi connectivity index (χ2n) is 7.70. The molecule has 0 bridgehead atoms. The first kappa shape index (κ1) is 19.3. The predicted octanol–water partition coefficient (Wildman–Crippen LogP) is 3.54. The number of hydrogen-bond donors (Lipinski definition) is 1. The van der Waals surface area contributed by atoms with Crippen molar-refractivity contribution in [2.24, 2.45) is 5.92 Å². The van der Waals surface area contributed by atoms with Gasteiger partial charge in [-0.05, 0) is 50.7 Å². The number of thiophene rings is 1. The molecule has 5 nitrogen and oxygen atoms in total. The Morgan fingerprint density at radius 2 is 1.96 bits per heavy atom. The highest BCUT2D eigenvalue weighted by molar-refractivity contribution is 7.91. The lowest BCUT2D eigenvalue weighted by molar-refractivity contribution is -0.119. The normalized spacial score (nSPS) is 20.5. The van der Waals surface area contributed by atoms with E-state index in [1.807, 2.05) is 25.1 Å². The molecular formula is C21H23NO4S2. The molecule has 148 valence electrons. The van der Waals surface area contributed by atoms with Gasteiger partial charge in [-0.25, -0.2) is 8.42 Å². The first-order chi connectivity index (χ1) is 13.3. The summed E-state index contributed by atoms with van der Waals surface area (Å²) in [5, 5.41) is 3.48. The first-order valence-electron chi connectivity index (χ1n) is 9.61. The second kappa shape index (κ2) is 7.44. The molecule has 0 spiro atoms. The summed E-state index contributed by atoms with van der Waals surface area (Å²) in [6, 6.07) is 7.48. The van der Waals surface area contributed by atoms with Gasteiger partial charge >= 0.3 is 0 Å². The zero-order valence-corrected chi connectivity index (χ0v) is 17.4. The Bertz CT molecular complexity index is 1050. The van der Waals surface area contributed by atoms with Gasteiger partial charge in [0.05, 0.1) is 23.0 Å². The average molecular weight is 418 g/mol. The van der Waals surface area contributed by atoms with Crippen LogP contribution >= 0.6 is 11.3 Å². The van der Waals surface area contributed by atoms with Crippen molar-refractivity contribution in [3.63, 3.8) is 0 Å². The van der Waals surface area contributed by atoms with Crippen LogP contribution < -0.4 is 5.32 Å². The van der Waals surface area contributed by atoms with Crippen molar-refractivity contribution in [3.05, 3.63) is 51.4 Å². The highest BCUT2D eigenvalue weighted by atomic mass is 32.2. The number of anilines is 1. The SMILES string of the molecule is Cc1cccc(C(=O)c2c(NC(=O)C3CCS(=O)(=O)C3)sc3c2CCCC3)c1. The molecule has 2 aliphatic rings. The summed E-state index contributed by atoms with van der Waals surface area (Å²) in [5.41, 5.74) is 3.28. The van der Waals surface area contributed by atoms with Crippen molar-refractivity contribution in [3.8, 4) is 0 Å². The number of aryl methyl sites for hydroxylation is 2. The first-order valence-corrected chi connectivity index (χ1v) is 12.2. The fraction of sp³-hybridized carbons (Fsp3) is 0.429. The van der Waals surface area contributed by atoms with Gasteiger partial charge < -0.3 is 5.32 Å². The molecule has 28 heavy (non-hydrogen) atoms. The minimum absolute atomic E-state index is 0.0567. The molecule has 1 aromatic carbocycles. The van der Waals surface area contributed by atoms with Gasteiger partial charge in [-0.15, -0.1) is 11.3 Å². The van der Waals surface area contributed by atoms with Gasteiger partial charge in [-0.2, -0.15) is 0 Å². The third-order valence-electron chi connectivity index (χ3n) is 5.52. The summed E-state index contributed by atoms with van der Waals surface area (Å²) in [5.74, 6) is -0.951. The monoisotopic (exact) mass is 417 g/mol. The molecule has 1 N–H and O–H groups in total. The van der Waals surface area contributed by atoms with Gasteiger partial charge in [-0.1, -0.05) is 23.8 Å². The molecule has 1 fully saturated rings. The highest BCUT2D eigenvalue weighted by Gasteiger charge is 2.34. The van der Waals surface area contributed by atoms with Gasteiger partial charge in [-0.3, -0.25) is 9.59 Å². The Kier molecular flexibility index (Phi) is 5.14. The zero-order chi connectivity index (χ0) is 19.9. The number of carbonyl (C=O) groups excluding carboxylic acids is 2. The third-order valence-corrected chi connectivity index (χ3v) is 8.49.